The molecule has 0 amide bonds. The zero-order valence-electron chi connectivity index (χ0n) is 19.1. The molecule has 3 rings (SSSR count). The normalized spacial score (nSPS) is 16.5. The number of guanidine groups is 1. The molecule has 1 saturated heterocycles. The Bertz CT molecular complexity index is 820. The highest BCUT2D eigenvalue weighted by Crippen LogP contribution is 2.22. The molecule has 6 nitrogen and oxygen atoms in total. The Morgan fingerprint density at radius 2 is 2.03 bits per heavy atom. The standard InChI is InChI=1S/C25H36N4O2/c1-20-9-10-23(24(15-20)31-19-22-11-14-30-18-22)16-28-25(26-2)27-12-13-29(3)17-21-7-5-4-6-8-21/h4-10,15,22H,11-14,16-19H2,1-3H3,(H2,26,27,28). The van der Waals surface area contributed by atoms with Crippen molar-refractivity contribution in [2.24, 2.45) is 10.9 Å². The molecule has 2 aromatic rings. The van der Waals surface area contributed by atoms with Gasteiger partial charge in [0, 0.05) is 51.3 Å². The third-order valence-electron chi connectivity index (χ3n) is 5.47. The second kappa shape index (κ2) is 12.3. The van der Waals surface area contributed by atoms with Crippen LogP contribution in [0, 0.1) is 12.8 Å². The van der Waals surface area contributed by atoms with Gasteiger partial charge in [0.05, 0.1) is 13.2 Å². The SMILES string of the molecule is CN=C(NCCN(C)Cc1ccccc1)NCc1ccc(C)cc1OCC1CCOC1. The predicted octanol–water partition coefficient (Wildman–Crippen LogP) is 3.21. The predicted molar refractivity (Wildman–Crippen MR) is 127 cm³/mol. The molecular formula is C25H36N4O2. The fourth-order valence-corrected chi connectivity index (χ4v) is 3.60. The van der Waals surface area contributed by atoms with Gasteiger partial charge in [0.25, 0.3) is 0 Å². The monoisotopic (exact) mass is 424 g/mol. The highest BCUT2D eigenvalue weighted by atomic mass is 16.5. The number of aryl methyl sites for hydroxylation is 1. The molecule has 6 heteroatoms. The number of nitrogens with zero attached hydrogens (tertiary/aromatic N) is 2. The molecular weight excluding hydrogens is 388 g/mol. The van der Waals surface area contributed by atoms with E-state index in [0.717, 1.165) is 56.5 Å². The summed E-state index contributed by atoms with van der Waals surface area (Å²) in [4.78, 5) is 6.66. The first-order valence-electron chi connectivity index (χ1n) is 11.1. The van der Waals surface area contributed by atoms with Gasteiger partial charge in [-0.1, -0.05) is 42.5 Å². The van der Waals surface area contributed by atoms with Crippen LogP contribution in [0.15, 0.2) is 53.5 Å². The number of likely N-dealkylation sites (N-methyl/N-ethyl adjacent to an activating group) is 1. The number of benzene rings is 2. The lowest BCUT2D eigenvalue weighted by Gasteiger charge is -2.19. The Morgan fingerprint density at radius 1 is 1.19 bits per heavy atom. The van der Waals surface area contributed by atoms with Gasteiger partial charge >= 0.3 is 0 Å². The molecule has 1 atom stereocenters. The Kier molecular flexibility index (Phi) is 9.18. The number of nitrogens with one attached hydrogen (secondary N) is 2. The van der Waals surface area contributed by atoms with Crippen LogP contribution in [0.5, 0.6) is 5.75 Å². The Labute approximate surface area is 186 Å². The maximum Gasteiger partial charge on any atom is 0.191 e. The lowest BCUT2D eigenvalue weighted by Crippen LogP contribution is -2.40. The van der Waals surface area contributed by atoms with Crippen LogP contribution in [0.2, 0.25) is 0 Å². The first-order valence-corrected chi connectivity index (χ1v) is 11.1. The van der Waals surface area contributed by atoms with Gasteiger partial charge in [0.15, 0.2) is 5.96 Å². The summed E-state index contributed by atoms with van der Waals surface area (Å²) in [5.74, 6) is 2.23. The molecule has 0 radical (unpaired) electrons. The van der Waals surface area contributed by atoms with Gasteiger partial charge in [0.2, 0.25) is 0 Å². The van der Waals surface area contributed by atoms with Crippen molar-refractivity contribution in [2.45, 2.75) is 26.4 Å². The molecule has 31 heavy (non-hydrogen) atoms. The van der Waals surface area contributed by atoms with Crippen molar-refractivity contribution >= 4 is 5.96 Å². The summed E-state index contributed by atoms with van der Waals surface area (Å²) >= 11 is 0. The molecule has 1 fully saturated rings. The van der Waals surface area contributed by atoms with Crippen LogP contribution < -0.4 is 15.4 Å². The molecule has 0 aromatic heterocycles. The lowest BCUT2D eigenvalue weighted by molar-refractivity contribution is 0.166. The van der Waals surface area contributed by atoms with Crippen molar-refractivity contribution in [3.05, 3.63) is 65.2 Å². The van der Waals surface area contributed by atoms with Crippen molar-refractivity contribution in [1.82, 2.24) is 15.5 Å². The summed E-state index contributed by atoms with van der Waals surface area (Å²) in [6, 6.07) is 16.9. The van der Waals surface area contributed by atoms with Gasteiger partial charge in [-0.15, -0.1) is 0 Å². The topological polar surface area (TPSA) is 58.1 Å². The summed E-state index contributed by atoms with van der Waals surface area (Å²) < 4.78 is 11.6. The highest BCUT2D eigenvalue weighted by Gasteiger charge is 2.17. The minimum absolute atomic E-state index is 0.489. The summed E-state index contributed by atoms with van der Waals surface area (Å²) in [6.45, 7) is 7.79. The number of aliphatic imine (C=N–C) groups is 1. The molecule has 1 unspecified atom stereocenters. The average molecular weight is 425 g/mol. The van der Waals surface area contributed by atoms with E-state index >= 15 is 0 Å². The smallest absolute Gasteiger partial charge is 0.191 e. The lowest BCUT2D eigenvalue weighted by atomic mass is 10.1. The number of hydrogen-bond donors (Lipinski definition) is 2. The number of rotatable bonds is 10. The summed E-state index contributed by atoms with van der Waals surface area (Å²) in [5, 5.41) is 6.82. The van der Waals surface area contributed by atoms with Crippen LogP contribution in [0.4, 0.5) is 0 Å². The van der Waals surface area contributed by atoms with Crippen molar-refractivity contribution in [3.63, 3.8) is 0 Å². The van der Waals surface area contributed by atoms with Gasteiger partial charge < -0.3 is 25.0 Å². The van der Waals surface area contributed by atoms with E-state index in [9.17, 15) is 0 Å². The van der Waals surface area contributed by atoms with Crippen LogP contribution >= 0.6 is 0 Å². The molecule has 0 bridgehead atoms. The van der Waals surface area contributed by atoms with Crippen molar-refractivity contribution in [2.75, 3.05) is 47.0 Å². The first kappa shape index (κ1) is 23.1. The van der Waals surface area contributed by atoms with Crippen LogP contribution in [0.25, 0.3) is 0 Å². The van der Waals surface area contributed by atoms with Crippen LogP contribution in [0.3, 0.4) is 0 Å². The molecule has 1 aliphatic rings. The molecule has 168 valence electrons. The molecule has 2 aromatic carbocycles. The van der Waals surface area contributed by atoms with Crippen LogP contribution in [-0.2, 0) is 17.8 Å². The fraction of sp³-hybridized carbons (Fsp3) is 0.480. The fourth-order valence-electron chi connectivity index (χ4n) is 3.60. The van der Waals surface area contributed by atoms with Crippen molar-refractivity contribution < 1.29 is 9.47 Å². The molecule has 2 N–H and O–H groups in total. The Morgan fingerprint density at radius 3 is 2.77 bits per heavy atom. The minimum atomic E-state index is 0.489. The maximum absolute atomic E-state index is 6.15. The molecule has 1 aliphatic heterocycles. The maximum atomic E-state index is 6.15. The highest BCUT2D eigenvalue weighted by molar-refractivity contribution is 5.79. The van der Waals surface area contributed by atoms with Gasteiger partial charge in [-0.3, -0.25) is 4.99 Å². The van der Waals surface area contributed by atoms with Crippen molar-refractivity contribution in [1.29, 1.82) is 0 Å². The van der Waals surface area contributed by atoms with Crippen molar-refractivity contribution in [3.8, 4) is 5.75 Å². The molecule has 0 aliphatic carbocycles. The second-order valence-electron chi connectivity index (χ2n) is 8.23. The van der Waals surface area contributed by atoms with Gasteiger partial charge in [-0.25, -0.2) is 0 Å². The van der Waals surface area contributed by atoms with Gasteiger partial charge in [-0.2, -0.15) is 0 Å². The van der Waals surface area contributed by atoms with Gasteiger partial charge in [0.1, 0.15) is 5.75 Å². The zero-order chi connectivity index (χ0) is 21.9. The third-order valence-corrected chi connectivity index (χ3v) is 5.47. The van der Waals surface area contributed by atoms with E-state index in [2.05, 4.69) is 77.0 Å². The molecule has 1 heterocycles. The Hall–Kier alpha value is -2.57. The number of ether oxygens (including phenoxy) is 2. The van der Waals surface area contributed by atoms with E-state index in [0.29, 0.717) is 19.1 Å². The minimum Gasteiger partial charge on any atom is -0.493 e. The molecule has 0 saturated carbocycles. The van der Waals surface area contributed by atoms with E-state index in [-0.39, 0.29) is 0 Å². The quantitative estimate of drug-likeness (QED) is 0.453. The van der Waals surface area contributed by atoms with E-state index in [1.165, 1.54) is 11.1 Å². The second-order valence-corrected chi connectivity index (χ2v) is 8.23. The first-order chi connectivity index (χ1) is 15.1. The summed E-state index contributed by atoms with van der Waals surface area (Å²) in [7, 11) is 3.94. The van der Waals surface area contributed by atoms with Gasteiger partial charge in [-0.05, 0) is 37.6 Å². The van der Waals surface area contributed by atoms with E-state index in [4.69, 9.17) is 9.47 Å². The third kappa shape index (κ3) is 7.89. The average Bonchev–Trinajstić information content (AvgIpc) is 3.30. The van der Waals surface area contributed by atoms with E-state index in [1.54, 1.807) is 7.05 Å². The van der Waals surface area contributed by atoms with E-state index < -0.39 is 0 Å². The van der Waals surface area contributed by atoms with Crippen LogP contribution in [0.1, 0.15) is 23.1 Å². The zero-order valence-corrected chi connectivity index (χ0v) is 19.1. The molecule has 0 spiro atoms. The summed E-state index contributed by atoms with van der Waals surface area (Å²) in [5.41, 5.74) is 3.66. The summed E-state index contributed by atoms with van der Waals surface area (Å²) in [6.07, 6.45) is 1.08. The Balaban J connectivity index is 1.44. The number of hydrogen-bond acceptors (Lipinski definition) is 4. The largest absolute Gasteiger partial charge is 0.493 e. The van der Waals surface area contributed by atoms with E-state index in [1.807, 2.05) is 6.07 Å². The van der Waals surface area contributed by atoms with Crippen LogP contribution in [-0.4, -0.2) is 57.9 Å².